The third-order valence-corrected chi connectivity index (χ3v) is 8.23. The standard InChI is InChI=1S/C34H20OS/c1-2-8-21(9-3-1)32-23-10-4-6-12-25(23)33(26-13-7-5-11-24(26)32)22-14-15-27-30(20-22)35-29-16-17-31-28(34(27)29)18-19-36-31/h1-20H. The van der Waals surface area contributed by atoms with Gasteiger partial charge in [-0.05, 0) is 79.5 Å². The summed E-state index contributed by atoms with van der Waals surface area (Å²) in [6, 6.07) is 41.5. The predicted octanol–water partition coefficient (Wildman–Crippen LogP) is 10.4. The first-order valence-corrected chi connectivity index (χ1v) is 13.1. The highest BCUT2D eigenvalue weighted by Gasteiger charge is 2.18. The molecule has 0 saturated carbocycles. The van der Waals surface area contributed by atoms with Crippen molar-refractivity contribution < 1.29 is 4.42 Å². The van der Waals surface area contributed by atoms with Crippen LogP contribution in [-0.4, -0.2) is 0 Å². The van der Waals surface area contributed by atoms with Crippen LogP contribution in [0.3, 0.4) is 0 Å². The smallest absolute Gasteiger partial charge is 0.136 e. The maximum atomic E-state index is 6.41. The van der Waals surface area contributed by atoms with E-state index in [4.69, 9.17) is 4.42 Å². The van der Waals surface area contributed by atoms with Gasteiger partial charge in [0.05, 0.1) is 0 Å². The van der Waals surface area contributed by atoms with Gasteiger partial charge >= 0.3 is 0 Å². The summed E-state index contributed by atoms with van der Waals surface area (Å²) in [7, 11) is 0. The van der Waals surface area contributed by atoms with Crippen molar-refractivity contribution in [1.82, 2.24) is 0 Å². The van der Waals surface area contributed by atoms with Crippen LogP contribution >= 0.6 is 11.3 Å². The average molecular weight is 477 g/mol. The van der Waals surface area contributed by atoms with Gasteiger partial charge in [0.1, 0.15) is 11.2 Å². The lowest BCUT2D eigenvalue weighted by Gasteiger charge is -2.17. The maximum absolute atomic E-state index is 6.41. The van der Waals surface area contributed by atoms with E-state index in [0.29, 0.717) is 0 Å². The quantitative estimate of drug-likeness (QED) is 0.226. The minimum absolute atomic E-state index is 0.932. The minimum atomic E-state index is 0.932. The maximum Gasteiger partial charge on any atom is 0.136 e. The van der Waals surface area contributed by atoms with E-state index < -0.39 is 0 Å². The monoisotopic (exact) mass is 476 g/mol. The van der Waals surface area contributed by atoms with Crippen molar-refractivity contribution in [3.63, 3.8) is 0 Å². The van der Waals surface area contributed by atoms with Crippen molar-refractivity contribution in [2.45, 2.75) is 0 Å². The highest BCUT2D eigenvalue weighted by Crippen LogP contribution is 2.45. The van der Waals surface area contributed by atoms with Gasteiger partial charge < -0.3 is 4.42 Å². The topological polar surface area (TPSA) is 13.1 Å². The number of hydrogen-bond acceptors (Lipinski definition) is 2. The van der Waals surface area contributed by atoms with Crippen LogP contribution in [0.2, 0.25) is 0 Å². The molecule has 0 amide bonds. The van der Waals surface area contributed by atoms with E-state index in [-0.39, 0.29) is 0 Å². The van der Waals surface area contributed by atoms with E-state index in [9.17, 15) is 0 Å². The Hall–Kier alpha value is -4.40. The van der Waals surface area contributed by atoms with Gasteiger partial charge in [-0.15, -0.1) is 11.3 Å². The Morgan fingerprint density at radius 3 is 1.78 bits per heavy atom. The Morgan fingerprint density at radius 1 is 0.444 bits per heavy atom. The molecule has 8 aromatic rings. The third-order valence-electron chi connectivity index (χ3n) is 7.35. The van der Waals surface area contributed by atoms with Crippen molar-refractivity contribution in [3.05, 3.63) is 121 Å². The number of rotatable bonds is 2. The number of hydrogen-bond donors (Lipinski definition) is 0. The molecule has 8 rings (SSSR count). The first-order chi connectivity index (χ1) is 17.9. The molecule has 0 spiro atoms. The van der Waals surface area contributed by atoms with Gasteiger partial charge in [-0.1, -0.05) is 84.9 Å². The lowest BCUT2D eigenvalue weighted by Crippen LogP contribution is -1.90. The lowest BCUT2D eigenvalue weighted by atomic mass is 9.86. The Kier molecular flexibility index (Phi) is 4.16. The van der Waals surface area contributed by atoms with Crippen molar-refractivity contribution >= 4 is 64.9 Å². The Bertz CT molecular complexity index is 2040. The highest BCUT2D eigenvalue weighted by molar-refractivity contribution is 7.17. The molecule has 0 radical (unpaired) electrons. The zero-order valence-corrected chi connectivity index (χ0v) is 20.2. The molecule has 0 saturated heterocycles. The summed E-state index contributed by atoms with van der Waals surface area (Å²) in [5.41, 5.74) is 6.84. The van der Waals surface area contributed by atoms with E-state index >= 15 is 0 Å². The summed E-state index contributed by atoms with van der Waals surface area (Å²) in [6.07, 6.45) is 0. The van der Waals surface area contributed by atoms with Crippen molar-refractivity contribution in [1.29, 1.82) is 0 Å². The molecule has 0 unspecified atom stereocenters. The summed E-state index contributed by atoms with van der Waals surface area (Å²) >= 11 is 1.77. The van der Waals surface area contributed by atoms with Gasteiger partial charge in [0.15, 0.2) is 0 Å². The van der Waals surface area contributed by atoms with Crippen LogP contribution in [0.25, 0.3) is 75.8 Å². The first-order valence-electron chi connectivity index (χ1n) is 12.2. The van der Waals surface area contributed by atoms with Gasteiger partial charge in [-0.3, -0.25) is 0 Å². The molecular formula is C34H20OS. The second-order valence-electron chi connectivity index (χ2n) is 9.29. The van der Waals surface area contributed by atoms with Crippen LogP contribution in [0.1, 0.15) is 0 Å². The van der Waals surface area contributed by atoms with Crippen LogP contribution < -0.4 is 0 Å². The summed E-state index contributed by atoms with van der Waals surface area (Å²) < 4.78 is 7.71. The molecule has 0 bridgehead atoms. The second kappa shape index (κ2) is 7.55. The fourth-order valence-corrected chi connectivity index (χ4v) is 6.62. The van der Waals surface area contributed by atoms with Gasteiger partial charge in [-0.25, -0.2) is 0 Å². The molecule has 0 atom stereocenters. The average Bonchev–Trinajstić information content (AvgIpc) is 3.56. The normalized spacial score (nSPS) is 11.9. The summed E-state index contributed by atoms with van der Waals surface area (Å²) in [4.78, 5) is 0. The Morgan fingerprint density at radius 2 is 1.08 bits per heavy atom. The van der Waals surface area contributed by atoms with Crippen LogP contribution in [0, 0.1) is 0 Å². The molecule has 6 aromatic carbocycles. The fourth-order valence-electron chi connectivity index (χ4n) is 5.83. The van der Waals surface area contributed by atoms with E-state index in [0.717, 1.165) is 11.2 Å². The SMILES string of the molecule is c1ccc(-c2c3ccccc3c(-c3ccc4c(c3)oc3ccc5sccc5c34)c3ccccc23)cc1. The van der Waals surface area contributed by atoms with Crippen LogP contribution in [-0.2, 0) is 0 Å². The van der Waals surface area contributed by atoms with Crippen molar-refractivity contribution in [2.24, 2.45) is 0 Å². The molecule has 1 nitrogen and oxygen atoms in total. The summed E-state index contributed by atoms with van der Waals surface area (Å²) in [5, 5.41) is 10.9. The molecule has 168 valence electrons. The number of fused-ring (bicyclic) bond motifs is 7. The Labute approximate surface area is 211 Å². The van der Waals surface area contributed by atoms with Gasteiger partial charge in [-0.2, -0.15) is 0 Å². The third kappa shape index (κ3) is 2.76. The molecule has 2 aromatic heterocycles. The molecule has 2 heterocycles. The van der Waals surface area contributed by atoms with Gasteiger partial charge in [0.25, 0.3) is 0 Å². The molecule has 0 aliphatic carbocycles. The Balaban J connectivity index is 1.48. The first kappa shape index (κ1) is 19.9. The second-order valence-corrected chi connectivity index (χ2v) is 10.2. The molecule has 2 heteroatoms. The van der Waals surface area contributed by atoms with Gasteiger partial charge in [0, 0.05) is 20.9 Å². The van der Waals surface area contributed by atoms with Crippen LogP contribution in [0.5, 0.6) is 0 Å². The number of thiophene rings is 1. The molecular weight excluding hydrogens is 456 g/mol. The van der Waals surface area contributed by atoms with E-state index in [1.54, 1.807) is 11.3 Å². The fraction of sp³-hybridized carbons (Fsp3) is 0. The highest BCUT2D eigenvalue weighted by atomic mass is 32.1. The largest absolute Gasteiger partial charge is 0.456 e. The van der Waals surface area contributed by atoms with Crippen molar-refractivity contribution in [2.75, 3.05) is 0 Å². The molecule has 0 aliphatic rings. The summed E-state index contributed by atoms with van der Waals surface area (Å²) in [5.74, 6) is 0. The lowest BCUT2D eigenvalue weighted by molar-refractivity contribution is 0.669. The molecule has 0 N–H and O–H groups in total. The molecule has 0 fully saturated rings. The van der Waals surface area contributed by atoms with Crippen LogP contribution in [0.4, 0.5) is 0 Å². The zero-order valence-electron chi connectivity index (χ0n) is 19.4. The van der Waals surface area contributed by atoms with E-state index in [1.165, 1.54) is 64.7 Å². The predicted molar refractivity (Wildman–Crippen MR) is 155 cm³/mol. The van der Waals surface area contributed by atoms with E-state index in [1.807, 2.05) is 0 Å². The van der Waals surface area contributed by atoms with Gasteiger partial charge in [0.2, 0.25) is 0 Å². The number of benzene rings is 6. The van der Waals surface area contributed by atoms with Crippen molar-refractivity contribution in [3.8, 4) is 22.3 Å². The van der Waals surface area contributed by atoms with Crippen LogP contribution in [0.15, 0.2) is 125 Å². The minimum Gasteiger partial charge on any atom is -0.456 e. The van der Waals surface area contributed by atoms with E-state index in [2.05, 4.69) is 121 Å². The summed E-state index contributed by atoms with van der Waals surface area (Å²) in [6.45, 7) is 0. The molecule has 36 heavy (non-hydrogen) atoms. The number of furan rings is 1. The zero-order chi connectivity index (χ0) is 23.6. The molecule has 0 aliphatic heterocycles.